The number of hydrogen-bond acceptors (Lipinski definition) is 4. The van der Waals surface area contributed by atoms with E-state index in [-0.39, 0.29) is 18.4 Å². The minimum Gasteiger partial charge on any atom is -0.351 e. The van der Waals surface area contributed by atoms with Crippen LogP contribution in [0.25, 0.3) is 0 Å². The van der Waals surface area contributed by atoms with Crippen molar-refractivity contribution in [1.82, 2.24) is 10.2 Å². The van der Waals surface area contributed by atoms with Gasteiger partial charge in [-0.3, -0.25) is 19.4 Å². The van der Waals surface area contributed by atoms with Crippen LogP contribution < -0.4 is 21.3 Å². The molecule has 0 heterocycles. The number of nitrogens with one attached hydrogen (secondary N) is 2. The molecule has 0 unspecified atom stereocenters. The molecule has 0 aliphatic rings. The molecule has 8 heteroatoms. The maximum atomic E-state index is 13.3. The minimum atomic E-state index is -0.701. The molecule has 0 atom stereocenters. The zero-order chi connectivity index (χ0) is 23.8. The molecule has 0 radical (unpaired) electrons. The fourth-order valence-corrected chi connectivity index (χ4v) is 3.29. The van der Waals surface area contributed by atoms with Crippen LogP contribution in [0.3, 0.4) is 0 Å². The summed E-state index contributed by atoms with van der Waals surface area (Å²) < 4.78 is 0. The molecule has 4 amide bonds. The Labute approximate surface area is 193 Å². The summed E-state index contributed by atoms with van der Waals surface area (Å²) in [5.41, 5.74) is 8.07. The Morgan fingerprint density at radius 1 is 0.848 bits per heavy atom. The van der Waals surface area contributed by atoms with Crippen molar-refractivity contribution < 1.29 is 14.4 Å². The highest BCUT2D eigenvalue weighted by Gasteiger charge is 2.18. The van der Waals surface area contributed by atoms with Crippen LogP contribution in [-0.2, 0) is 6.54 Å². The van der Waals surface area contributed by atoms with E-state index in [1.807, 2.05) is 55.4 Å². The third-order valence-electron chi connectivity index (χ3n) is 4.76. The number of nitrogens with two attached hydrogens (primary N) is 1. The van der Waals surface area contributed by atoms with Crippen molar-refractivity contribution in [2.75, 3.05) is 31.0 Å². The molecule has 0 aromatic heterocycles. The number of para-hydroxylation sites is 1. The Balaban J connectivity index is 1.72. The summed E-state index contributed by atoms with van der Waals surface area (Å²) in [6.07, 6.45) is 0. The molecule has 0 bridgehead atoms. The maximum Gasteiger partial charge on any atom is 0.316 e. The van der Waals surface area contributed by atoms with Gasteiger partial charge in [0.25, 0.3) is 11.8 Å². The van der Waals surface area contributed by atoms with Gasteiger partial charge < -0.3 is 16.4 Å². The lowest BCUT2D eigenvalue weighted by Gasteiger charge is -2.26. The van der Waals surface area contributed by atoms with Gasteiger partial charge in [0.1, 0.15) is 0 Å². The van der Waals surface area contributed by atoms with Crippen molar-refractivity contribution in [1.29, 1.82) is 0 Å². The summed E-state index contributed by atoms with van der Waals surface area (Å²) in [6.45, 7) is 0.673. The molecule has 33 heavy (non-hydrogen) atoms. The van der Waals surface area contributed by atoms with Gasteiger partial charge in [-0.25, -0.2) is 4.79 Å². The molecule has 3 aromatic rings. The maximum absolute atomic E-state index is 13.3. The Kier molecular flexibility index (Phi) is 7.77. The van der Waals surface area contributed by atoms with Crippen LogP contribution in [0, 0.1) is 0 Å². The molecule has 0 spiro atoms. The first-order valence-corrected chi connectivity index (χ1v) is 10.4. The zero-order valence-corrected chi connectivity index (χ0v) is 18.6. The van der Waals surface area contributed by atoms with Crippen molar-refractivity contribution in [3.05, 3.63) is 95.6 Å². The van der Waals surface area contributed by atoms with E-state index in [4.69, 9.17) is 5.73 Å². The number of hydrogen-bond donors (Lipinski definition) is 3. The van der Waals surface area contributed by atoms with Crippen molar-refractivity contribution in [3.63, 3.8) is 0 Å². The second-order valence-corrected chi connectivity index (χ2v) is 7.74. The molecule has 4 N–H and O–H groups in total. The highest BCUT2D eigenvalue weighted by molar-refractivity contribution is 6.06. The topological polar surface area (TPSA) is 108 Å². The molecular weight excluding hydrogens is 418 g/mol. The summed E-state index contributed by atoms with van der Waals surface area (Å²) in [5.74, 6) is -0.438. The van der Waals surface area contributed by atoms with Gasteiger partial charge in [-0.15, -0.1) is 0 Å². The average molecular weight is 446 g/mol. The second kappa shape index (κ2) is 10.9. The Bertz CT molecular complexity index is 1130. The van der Waals surface area contributed by atoms with Gasteiger partial charge in [0, 0.05) is 29.0 Å². The third kappa shape index (κ3) is 6.65. The lowest BCUT2D eigenvalue weighted by molar-refractivity contribution is 0.0949. The predicted octanol–water partition coefficient (Wildman–Crippen LogP) is 3.27. The summed E-state index contributed by atoms with van der Waals surface area (Å²) >= 11 is 0. The van der Waals surface area contributed by atoms with Crippen LogP contribution in [0.1, 0.15) is 26.3 Å². The Hall–Kier alpha value is -4.17. The lowest BCUT2D eigenvalue weighted by atomic mass is 10.1. The average Bonchev–Trinajstić information content (AvgIpc) is 2.81. The van der Waals surface area contributed by atoms with Crippen LogP contribution in [0.15, 0.2) is 78.9 Å². The lowest BCUT2D eigenvalue weighted by Crippen LogP contribution is -2.38. The van der Waals surface area contributed by atoms with E-state index in [0.717, 1.165) is 11.3 Å². The van der Waals surface area contributed by atoms with Gasteiger partial charge in [0.2, 0.25) is 0 Å². The Morgan fingerprint density at radius 2 is 1.55 bits per heavy atom. The number of primary amides is 1. The smallest absolute Gasteiger partial charge is 0.316 e. The fourth-order valence-electron chi connectivity index (χ4n) is 3.29. The molecule has 170 valence electrons. The van der Waals surface area contributed by atoms with E-state index >= 15 is 0 Å². The van der Waals surface area contributed by atoms with Gasteiger partial charge in [-0.1, -0.05) is 36.4 Å². The number of carbonyl (C=O) groups is 3. The molecule has 0 aliphatic carbocycles. The van der Waals surface area contributed by atoms with Gasteiger partial charge in [-0.05, 0) is 62.1 Å². The van der Waals surface area contributed by atoms with Gasteiger partial charge in [0.15, 0.2) is 0 Å². The van der Waals surface area contributed by atoms with Crippen LogP contribution in [0.4, 0.5) is 16.2 Å². The van der Waals surface area contributed by atoms with E-state index in [0.29, 0.717) is 23.5 Å². The highest BCUT2D eigenvalue weighted by Crippen LogP contribution is 2.18. The van der Waals surface area contributed by atoms with Crippen molar-refractivity contribution in [3.8, 4) is 0 Å². The van der Waals surface area contributed by atoms with E-state index in [9.17, 15) is 14.4 Å². The number of urea groups is 1. The molecular formula is C25H27N5O3. The van der Waals surface area contributed by atoms with Gasteiger partial charge in [-0.2, -0.15) is 0 Å². The first kappa shape index (κ1) is 23.5. The van der Waals surface area contributed by atoms with Crippen molar-refractivity contribution >= 4 is 29.2 Å². The quantitative estimate of drug-likeness (QED) is 0.463. The van der Waals surface area contributed by atoms with Crippen LogP contribution in [-0.4, -0.2) is 43.5 Å². The molecule has 8 nitrogen and oxygen atoms in total. The summed E-state index contributed by atoms with van der Waals surface area (Å²) in [4.78, 5) is 40.5. The fraction of sp³-hybridized carbons (Fsp3) is 0.160. The van der Waals surface area contributed by atoms with Crippen LogP contribution in [0.2, 0.25) is 0 Å². The first-order valence-electron chi connectivity index (χ1n) is 10.4. The minimum absolute atomic E-state index is 0.131. The number of nitrogens with zero attached hydrogens (tertiary/aromatic N) is 2. The molecule has 0 saturated heterocycles. The molecule has 0 aliphatic heterocycles. The number of anilines is 2. The summed E-state index contributed by atoms with van der Waals surface area (Å²) in [7, 11) is 3.81. The van der Waals surface area contributed by atoms with E-state index in [1.54, 1.807) is 47.4 Å². The first-order chi connectivity index (χ1) is 15.8. The highest BCUT2D eigenvalue weighted by atomic mass is 16.2. The standard InChI is InChI=1S/C25H27N5O3/c1-29(2)17-30(22-12-4-3-5-13-22)24(32)20-10-6-8-18(14-20)16-27-23(31)19-9-7-11-21(15-19)28-25(26)33/h3-15H,16-17H2,1-2H3,(H,27,31)(H3,26,28,33). The largest absolute Gasteiger partial charge is 0.351 e. The number of benzene rings is 3. The molecule has 0 fully saturated rings. The van der Waals surface area contributed by atoms with E-state index < -0.39 is 6.03 Å². The monoisotopic (exact) mass is 445 g/mol. The van der Waals surface area contributed by atoms with Gasteiger partial charge in [0.05, 0.1) is 6.67 Å². The molecule has 3 aromatic carbocycles. The number of rotatable bonds is 8. The Morgan fingerprint density at radius 3 is 2.24 bits per heavy atom. The number of amides is 4. The summed E-state index contributed by atoms with van der Waals surface area (Å²) in [6, 6.07) is 22.4. The van der Waals surface area contributed by atoms with Gasteiger partial charge >= 0.3 is 6.03 Å². The van der Waals surface area contributed by atoms with Crippen molar-refractivity contribution in [2.24, 2.45) is 5.73 Å². The second-order valence-electron chi connectivity index (χ2n) is 7.74. The predicted molar refractivity (Wildman–Crippen MR) is 129 cm³/mol. The molecule has 0 saturated carbocycles. The zero-order valence-electron chi connectivity index (χ0n) is 18.6. The van der Waals surface area contributed by atoms with E-state index in [1.165, 1.54) is 0 Å². The molecule has 3 rings (SSSR count). The third-order valence-corrected chi connectivity index (χ3v) is 4.76. The SMILES string of the molecule is CN(C)CN(C(=O)c1cccc(CNC(=O)c2cccc(NC(N)=O)c2)c1)c1ccccc1. The normalized spacial score (nSPS) is 10.5. The van der Waals surface area contributed by atoms with E-state index in [2.05, 4.69) is 10.6 Å². The summed E-state index contributed by atoms with van der Waals surface area (Å²) in [5, 5.41) is 5.28. The van der Waals surface area contributed by atoms with Crippen LogP contribution >= 0.6 is 0 Å². The van der Waals surface area contributed by atoms with Crippen LogP contribution in [0.5, 0.6) is 0 Å². The van der Waals surface area contributed by atoms with Crippen molar-refractivity contribution in [2.45, 2.75) is 6.54 Å². The number of carbonyl (C=O) groups excluding carboxylic acids is 3.